The molecule has 138 valence electrons. The molecule has 3 heterocycles. The Bertz CT molecular complexity index is 935. The molecule has 2 aliphatic heterocycles. The summed E-state index contributed by atoms with van der Waals surface area (Å²) in [6, 6.07) is 3.88. The van der Waals surface area contributed by atoms with Crippen LogP contribution in [0.4, 0.5) is 0 Å². The highest BCUT2D eigenvalue weighted by Crippen LogP contribution is 2.36. The van der Waals surface area contributed by atoms with Gasteiger partial charge in [0.2, 0.25) is 5.91 Å². The highest BCUT2D eigenvalue weighted by molar-refractivity contribution is 5.86. The van der Waals surface area contributed by atoms with Crippen molar-refractivity contribution in [3.05, 3.63) is 39.2 Å². The zero-order valence-electron chi connectivity index (χ0n) is 15.7. The van der Waals surface area contributed by atoms with Crippen LogP contribution in [0.15, 0.2) is 21.3 Å². The van der Waals surface area contributed by atoms with Crippen LogP contribution in [0, 0.1) is 6.92 Å². The molecule has 1 saturated heterocycles. The van der Waals surface area contributed by atoms with Gasteiger partial charge in [0, 0.05) is 24.5 Å². The number of carbonyl (C=O) groups excluding carboxylic acids is 1. The first-order valence-electron chi connectivity index (χ1n) is 9.40. The van der Waals surface area contributed by atoms with Gasteiger partial charge in [-0.1, -0.05) is 0 Å². The van der Waals surface area contributed by atoms with Gasteiger partial charge in [-0.15, -0.1) is 0 Å². The Balaban J connectivity index is 1.74. The summed E-state index contributed by atoms with van der Waals surface area (Å²) in [5.74, 6) is 0.803. The lowest BCUT2D eigenvalue weighted by atomic mass is 9.92. The SMILES string of the molecule is Cc1c(CC(=O)N2CCCC2)c(=O)oc2cc3c(cc12)CCC(C)(C)O3. The highest BCUT2D eigenvalue weighted by Gasteiger charge is 2.28. The Labute approximate surface area is 152 Å². The normalized spacial score (nSPS) is 18.7. The van der Waals surface area contributed by atoms with E-state index in [0.717, 1.165) is 61.0 Å². The van der Waals surface area contributed by atoms with Gasteiger partial charge in [0.15, 0.2) is 0 Å². The summed E-state index contributed by atoms with van der Waals surface area (Å²) >= 11 is 0. The topological polar surface area (TPSA) is 59.8 Å². The van der Waals surface area contributed by atoms with E-state index in [1.165, 1.54) is 0 Å². The van der Waals surface area contributed by atoms with Gasteiger partial charge < -0.3 is 14.1 Å². The molecule has 0 N–H and O–H groups in total. The van der Waals surface area contributed by atoms with Crippen molar-refractivity contribution in [2.45, 2.75) is 58.5 Å². The number of carbonyl (C=O) groups is 1. The lowest BCUT2D eigenvalue weighted by molar-refractivity contribution is -0.129. The first kappa shape index (κ1) is 17.1. The number of benzene rings is 1. The van der Waals surface area contributed by atoms with Crippen LogP contribution in [0.1, 0.15) is 49.8 Å². The molecule has 4 rings (SSSR count). The van der Waals surface area contributed by atoms with Crippen LogP contribution in [-0.2, 0) is 17.6 Å². The van der Waals surface area contributed by atoms with Gasteiger partial charge in [-0.2, -0.15) is 0 Å². The second kappa shape index (κ2) is 6.15. The zero-order valence-corrected chi connectivity index (χ0v) is 15.7. The van der Waals surface area contributed by atoms with Crippen LogP contribution < -0.4 is 10.4 Å². The predicted molar refractivity (Wildman–Crippen MR) is 99.8 cm³/mol. The molecule has 0 saturated carbocycles. The maximum atomic E-state index is 12.5. The van der Waals surface area contributed by atoms with Crippen molar-refractivity contribution >= 4 is 16.9 Å². The Hall–Kier alpha value is -2.30. The summed E-state index contributed by atoms with van der Waals surface area (Å²) in [5.41, 5.74) is 2.35. The van der Waals surface area contributed by atoms with Crippen molar-refractivity contribution in [2.75, 3.05) is 13.1 Å². The molecule has 2 aliphatic rings. The van der Waals surface area contributed by atoms with E-state index in [2.05, 4.69) is 19.9 Å². The van der Waals surface area contributed by atoms with E-state index < -0.39 is 5.63 Å². The van der Waals surface area contributed by atoms with E-state index in [-0.39, 0.29) is 17.9 Å². The minimum absolute atomic E-state index is 0.0142. The molecular formula is C21H25NO4. The first-order valence-corrected chi connectivity index (χ1v) is 9.40. The molecule has 1 aromatic heterocycles. The van der Waals surface area contributed by atoms with Crippen molar-refractivity contribution in [3.63, 3.8) is 0 Å². The van der Waals surface area contributed by atoms with E-state index in [1.807, 2.05) is 17.9 Å². The quantitative estimate of drug-likeness (QED) is 0.775. The van der Waals surface area contributed by atoms with Gasteiger partial charge >= 0.3 is 5.63 Å². The monoisotopic (exact) mass is 355 g/mol. The van der Waals surface area contributed by atoms with Crippen LogP contribution in [0.5, 0.6) is 5.75 Å². The zero-order chi connectivity index (χ0) is 18.5. The molecular weight excluding hydrogens is 330 g/mol. The molecule has 0 spiro atoms. The molecule has 0 radical (unpaired) electrons. The third-order valence-electron chi connectivity index (χ3n) is 5.64. The molecule has 0 bridgehead atoms. The van der Waals surface area contributed by atoms with E-state index in [9.17, 15) is 9.59 Å². The summed E-state index contributed by atoms with van der Waals surface area (Å²) < 4.78 is 11.6. The van der Waals surface area contributed by atoms with Gasteiger partial charge in [0.25, 0.3) is 0 Å². The number of amides is 1. The van der Waals surface area contributed by atoms with Crippen LogP contribution >= 0.6 is 0 Å². The van der Waals surface area contributed by atoms with Crippen LogP contribution in [0.25, 0.3) is 11.0 Å². The third-order valence-corrected chi connectivity index (χ3v) is 5.64. The van der Waals surface area contributed by atoms with Crippen LogP contribution in [0.2, 0.25) is 0 Å². The van der Waals surface area contributed by atoms with Crippen LogP contribution in [-0.4, -0.2) is 29.5 Å². The largest absolute Gasteiger partial charge is 0.487 e. The standard InChI is InChI=1S/C21H25NO4/c1-13-15-10-14-6-7-21(2,3)26-17(14)12-18(15)25-20(24)16(13)11-19(23)22-8-4-5-9-22/h10,12H,4-9,11H2,1-3H3. The molecule has 1 aromatic carbocycles. The van der Waals surface area contributed by atoms with E-state index in [1.54, 1.807) is 0 Å². The molecule has 5 nitrogen and oxygen atoms in total. The van der Waals surface area contributed by atoms with Crippen molar-refractivity contribution in [3.8, 4) is 5.75 Å². The third kappa shape index (κ3) is 3.00. The van der Waals surface area contributed by atoms with Gasteiger partial charge in [-0.3, -0.25) is 4.79 Å². The average Bonchev–Trinajstić information content (AvgIpc) is 3.11. The Morgan fingerprint density at radius 3 is 2.69 bits per heavy atom. The number of hydrogen-bond donors (Lipinski definition) is 0. The number of fused-ring (bicyclic) bond motifs is 2. The lowest BCUT2D eigenvalue weighted by Crippen LogP contribution is -2.32. The highest BCUT2D eigenvalue weighted by atomic mass is 16.5. The molecule has 2 aromatic rings. The van der Waals surface area contributed by atoms with Crippen molar-refractivity contribution in [1.82, 2.24) is 4.90 Å². The number of hydrogen-bond acceptors (Lipinski definition) is 4. The second-order valence-electron chi connectivity index (χ2n) is 8.08. The Morgan fingerprint density at radius 2 is 1.96 bits per heavy atom. The summed E-state index contributed by atoms with van der Waals surface area (Å²) in [6.07, 6.45) is 4.07. The van der Waals surface area contributed by atoms with Gasteiger partial charge in [-0.25, -0.2) is 4.79 Å². The summed E-state index contributed by atoms with van der Waals surface area (Å²) in [5, 5.41) is 0.899. The van der Waals surface area contributed by atoms with Crippen molar-refractivity contribution < 1.29 is 13.9 Å². The Morgan fingerprint density at radius 1 is 1.23 bits per heavy atom. The molecule has 0 unspecified atom stereocenters. The molecule has 1 amide bonds. The molecule has 1 fully saturated rings. The fraction of sp³-hybridized carbons (Fsp3) is 0.524. The van der Waals surface area contributed by atoms with Crippen molar-refractivity contribution in [1.29, 1.82) is 0 Å². The van der Waals surface area contributed by atoms with Crippen molar-refractivity contribution in [2.24, 2.45) is 0 Å². The Kier molecular flexibility index (Phi) is 4.05. The molecule has 0 aliphatic carbocycles. The fourth-order valence-electron chi connectivity index (χ4n) is 3.97. The molecule has 5 heteroatoms. The van der Waals surface area contributed by atoms with Gasteiger partial charge in [-0.05, 0) is 63.6 Å². The molecule has 0 atom stereocenters. The number of nitrogens with zero attached hydrogens (tertiary/aromatic N) is 1. The van der Waals surface area contributed by atoms with E-state index in [4.69, 9.17) is 9.15 Å². The van der Waals surface area contributed by atoms with Gasteiger partial charge in [0.05, 0.1) is 12.0 Å². The minimum Gasteiger partial charge on any atom is -0.487 e. The maximum Gasteiger partial charge on any atom is 0.340 e. The van der Waals surface area contributed by atoms with E-state index >= 15 is 0 Å². The predicted octanol–water partition coefficient (Wildman–Crippen LogP) is 3.37. The minimum atomic E-state index is -0.419. The second-order valence-corrected chi connectivity index (χ2v) is 8.08. The number of likely N-dealkylation sites (tertiary alicyclic amines) is 1. The first-order chi connectivity index (χ1) is 12.3. The number of rotatable bonds is 2. The number of aryl methyl sites for hydroxylation is 2. The smallest absolute Gasteiger partial charge is 0.340 e. The maximum absolute atomic E-state index is 12.5. The van der Waals surface area contributed by atoms with E-state index in [0.29, 0.717) is 11.1 Å². The molecule has 26 heavy (non-hydrogen) atoms. The average molecular weight is 355 g/mol. The summed E-state index contributed by atoms with van der Waals surface area (Å²) in [4.78, 5) is 26.8. The van der Waals surface area contributed by atoms with Gasteiger partial charge in [0.1, 0.15) is 16.9 Å². The summed E-state index contributed by atoms with van der Waals surface area (Å²) in [6.45, 7) is 7.62. The lowest BCUT2D eigenvalue weighted by Gasteiger charge is -2.32. The number of ether oxygens (including phenoxy) is 1. The fourth-order valence-corrected chi connectivity index (χ4v) is 3.97. The van der Waals surface area contributed by atoms with Crippen LogP contribution in [0.3, 0.4) is 0 Å². The summed E-state index contributed by atoms with van der Waals surface area (Å²) in [7, 11) is 0.